The number of nitrogens with zero attached hydrogens (tertiary/aromatic N) is 1. The highest BCUT2D eigenvalue weighted by Gasteiger charge is 2.08. The molecule has 0 aliphatic rings. The highest BCUT2D eigenvalue weighted by atomic mass is 127. The van der Waals surface area contributed by atoms with E-state index in [1.54, 1.807) is 11.3 Å². The topological polar surface area (TPSA) is 3.88 Å². The maximum atomic E-state index is 5.93. The van der Waals surface area contributed by atoms with Crippen molar-refractivity contribution in [2.75, 3.05) is 0 Å². The molecule has 0 radical (unpaired) electrons. The van der Waals surface area contributed by atoms with Gasteiger partial charge in [-0.15, -0.1) is 11.3 Å². The molecule has 0 N–H and O–H groups in total. The summed E-state index contributed by atoms with van der Waals surface area (Å²) in [7, 11) is 2.09. The minimum absolute atomic E-state index is 0. The van der Waals surface area contributed by atoms with Crippen molar-refractivity contribution < 1.29 is 28.5 Å². The van der Waals surface area contributed by atoms with E-state index in [0.29, 0.717) is 0 Å². The van der Waals surface area contributed by atoms with Crippen molar-refractivity contribution in [1.82, 2.24) is 0 Å². The van der Waals surface area contributed by atoms with Crippen LogP contribution >= 0.6 is 22.9 Å². The van der Waals surface area contributed by atoms with Gasteiger partial charge in [-0.2, -0.15) is 4.57 Å². The van der Waals surface area contributed by atoms with Crippen LogP contribution in [0.5, 0.6) is 0 Å². The maximum Gasteiger partial charge on any atom is 0.212 e. The Morgan fingerprint density at radius 2 is 1.80 bits per heavy atom. The van der Waals surface area contributed by atoms with Crippen molar-refractivity contribution in [2.45, 2.75) is 0 Å². The summed E-state index contributed by atoms with van der Waals surface area (Å²) < 4.78 is 3.02. The lowest BCUT2D eigenvalue weighted by Crippen LogP contribution is -3.00. The molecular formula is C16H13ClINS. The third-order valence-electron chi connectivity index (χ3n) is 3.13. The molecule has 0 aliphatic carbocycles. The average Bonchev–Trinajstić information content (AvgIpc) is 2.84. The van der Waals surface area contributed by atoms with Gasteiger partial charge in [0.1, 0.15) is 7.05 Å². The molecule has 0 saturated heterocycles. The van der Waals surface area contributed by atoms with Gasteiger partial charge in [0, 0.05) is 28.5 Å². The molecule has 0 saturated carbocycles. The number of fused-ring (bicyclic) bond motifs is 1. The van der Waals surface area contributed by atoms with Crippen LogP contribution in [-0.2, 0) is 7.05 Å². The molecule has 0 aliphatic heterocycles. The predicted octanol–water partition coefficient (Wildman–Crippen LogP) is 1.55. The van der Waals surface area contributed by atoms with Crippen LogP contribution in [0.2, 0.25) is 4.34 Å². The second kappa shape index (κ2) is 6.70. The Hall–Kier alpha value is -0.910. The molecule has 0 fully saturated rings. The molecule has 2 heterocycles. The van der Waals surface area contributed by atoms with E-state index in [4.69, 9.17) is 11.6 Å². The molecule has 1 nitrogen and oxygen atoms in total. The summed E-state index contributed by atoms with van der Waals surface area (Å²) >= 11 is 7.52. The van der Waals surface area contributed by atoms with Crippen LogP contribution in [0, 0.1) is 0 Å². The fraction of sp³-hybridized carbons (Fsp3) is 0.0625. The van der Waals surface area contributed by atoms with Crippen LogP contribution in [0.1, 0.15) is 10.6 Å². The highest BCUT2D eigenvalue weighted by molar-refractivity contribution is 7.17. The number of benzene rings is 1. The van der Waals surface area contributed by atoms with Gasteiger partial charge in [-0.05, 0) is 30.3 Å². The number of thiophene rings is 1. The lowest BCUT2D eigenvalue weighted by atomic mass is 10.2. The molecule has 4 heteroatoms. The van der Waals surface area contributed by atoms with Crippen LogP contribution in [0.25, 0.3) is 23.1 Å². The molecule has 3 aromatic rings. The predicted molar refractivity (Wildman–Crippen MR) is 83.4 cm³/mol. The van der Waals surface area contributed by atoms with Crippen LogP contribution < -0.4 is 28.5 Å². The van der Waals surface area contributed by atoms with Gasteiger partial charge in [0.25, 0.3) is 0 Å². The largest absolute Gasteiger partial charge is 1.00 e. The van der Waals surface area contributed by atoms with E-state index in [9.17, 15) is 0 Å². The average molecular weight is 414 g/mol. The fourth-order valence-corrected chi connectivity index (χ4v) is 3.08. The number of hydrogen-bond donors (Lipinski definition) is 0. The van der Waals surface area contributed by atoms with E-state index < -0.39 is 0 Å². The van der Waals surface area contributed by atoms with E-state index in [1.807, 2.05) is 12.1 Å². The Bertz CT molecular complexity index is 764. The van der Waals surface area contributed by atoms with Gasteiger partial charge < -0.3 is 24.0 Å². The van der Waals surface area contributed by atoms with E-state index >= 15 is 0 Å². The molecule has 2 aromatic heterocycles. The zero-order valence-corrected chi connectivity index (χ0v) is 14.6. The Balaban J connectivity index is 0.00000147. The molecule has 0 amide bonds. The van der Waals surface area contributed by atoms with Gasteiger partial charge >= 0.3 is 0 Å². The van der Waals surface area contributed by atoms with Crippen LogP contribution in [0.15, 0.2) is 48.5 Å². The van der Waals surface area contributed by atoms with Crippen molar-refractivity contribution in [2.24, 2.45) is 7.05 Å². The zero-order chi connectivity index (χ0) is 13.2. The molecule has 0 bridgehead atoms. The first kappa shape index (κ1) is 15.5. The lowest BCUT2D eigenvalue weighted by Gasteiger charge is -1.99. The van der Waals surface area contributed by atoms with Crippen molar-refractivity contribution in [3.8, 4) is 0 Å². The second-order valence-corrected chi connectivity index (χ2v) is 6.10. The number of aromatic nitrogens is 1. The Morgan fingerprint density at radius 1 is 1.00 bits per heavy atom. The van der Waals surface area contributed by atoms with Gasteiger partial charge in [0.05, 0.1) is 4.34 Å². The monoisotopic (exact) mass is 413 g/mol. The highest BCUT2D eigenvalue weighted by Crippen LogP contribution is 2.23. The normalized spacial score (nSPS) is 10.9. The van der Waals surface area contributed by atoms with Crippen LogP contribution in [-0.4, -0.2) is 0 Å². The smallest absolute Gasteiger partial charge is 0.212 e. The molecule has 0 atom stereocenters. The summed E-state index contributed by atoms with van der Waals surface area (Å²) in [6.07, 6.45) is 4.22. The molecule has 102 valence electrons. The first-order valence-corrected chi connectivity index (χ1v) is 7.25. The van der Waals surface area contributed by atoms with E-state index in [-0.39, 0.29) is 24.0 Å². The van der Waals surface area contributed by atoms with Crippen LogP contribution in [0.3, 0.4) is 0 Å². The van der Waals surface area contributed by atoms with Gasteiger partial charge in [-0.1, -0.05) is 23.7 Å². The minimum atomic E-state index is 0. The lowest BCUT2D eigenvalue weighted by molar-refractivity contribution is -0.646. The van der Waals surface area contributed by atoms with E-state index in [2.05, 4.69) is 60.2 Å². The van der Waals surface area contributed by atoms with Gasteiger partial charge in [-0.25, -0.2) is 0 Å². The summed E-state index contributed by atoms with van der Waals surface area (Å²) in [5.74, 6) is 0. The number of hydrogen-bond acceptors (Lipinski definition) is 1. The first-order valence-electron chi connectivity index (χ1n) is 6.05. The van der Waals surface area contributed by atoms with Gasteiger partial charge in [-0.3, -0.25) is 0 Å². The zero-order valence-electron chi connectivity index (χ0n) is 10.9. The summed E-state index contributed by atoms with van der Waals surface area (Å²) in [4.78, 5) is 1.16. The molecule has 20 heavy (non-hydrogen) atoms. The van der Waals surface area contributed by atoms with Gasteiger partial charge in [0.2, 0.25) is 11.2 Å². The number of pyridine rings is 1. The summed E-state index contributed by atoms with van der Waals surface area (Å²) in [6.45, 7) is 0. The van der Waals surface area contributed by atoms with Crippen LogP contribution in [0.4, 0.5) is 0 Å². The number of rotatable bonds is 2. The first-order chi connectivity index (χ1) is 9.24. The van der Waals surface area contributed by atoms with Crippen molar-refractivity contribution >= 4 is 46.0 Å². The summed E-state index contributed by atoms with van der Waals surface area (Å²) in [5, 5.41) is 1.25. The number of para-hydroxylation sites is 1. The quantitative estimate of drug-likeness (QED) is 0.443. The Kier molecular flexibility index (Phi) is 5.18. The molecule has 3 rings (SSSR count). The number of aryl methyl sites for hydroxylation is 1. The van der Waals surface area contributed by atoms with Crippen molar-refractivity contribution in [1.29, 1.82) is 0 Å². The Morgan fingerprint density at radius 3 is 2.55 bits per heavy atom. The molecule has 0 unspecified atom stereocenters. The number of halogens is 2. The third kappa shape index (κ3) is 3.22. The molecule has 1 aromatic carbocycles. The molecular weight excluding hydrogens is 401 g/mol. The molecule has 0 spiro atoms. The van der Waals surface area contributed by atoms with Gasteiger partial charge in [0.15, 0.2) is 0 Å². The third-order valence-corrected chi connectivity index (χ3v) is 4.33. The second-order valence-electron chi connectivity index (χ2n) is 4.35. The Labute approximate surface area is 144 Å². The maximum absolute atomic E-state index is 5.93. The van der Waals surface area contributed by atoms with E-state index in [1.165, 1.54) is 16.6 Å². The SMILES string of the molecule is C[n+]1c(/C=C/c2ccc(Cl)s2)ccc2ccccc21.[I-]. The van der Waals surface area contributed by atoms with Crippen molar-refractivity contribution in [3.63, 3.8) is 0 Å². The van der Waals surface area contributed by atoms with E-state index in [0.717, 1.165) is 9.21 Å². The van der Waals surface area contributed by atoms with Crippen molar-refractivity contribution in [3.05, 3.63) is 63.4 Å². The fourth-order valence-electron chi connectivity index (χ4n) is 2.11. The summed E-state index contributed by atoms with van der Waals surface area (Å²) in [6, 6.07) is 16.6. The minimum Gasteiger partial charge on any atom is -1.00 e. The standard InChI is InChI=1S/C16H13ClNS.HI/c1-18-13(8-9-14-10-11-16(17)19-14)7-6-12-4-2-3-5-15(12)18;/h2-11H,1H3;1H/q+1;/p-1/b9-8+;. The summed E-state index contributed by atoms with van der Waals surface area (Å²) in [5.41, 5.74) is 2.40.